The average Bonchev–Trinajstić information content (AvgIpc) is 2.25. The summed E-state index contributed by atoms with van der Waals surface area (Å²) in [5.74, 6) is -0.491. The van der Waals surface area contributed by atoms with Gasteiger partial charge in [0.25, 0.3) is 0 Å². The molecule has 1 atom stereocenters. The van der Waals surface area contributed by atoms with Crippen LogP contribution in [0, 0.1) is 17.2 Å². The SMILES string of the molecule is CC1CC(=O)N(CCC#N)C1=O. The van der Waals surface area contributed by atoms with Crippen LogP contribution < -0.4 is 0 Å². The van der Waals surface area contributed by atoms with E-state index >= 15 is 0 Å². The number of likely N-dealkylation sites (tertiary alicyclic amines) is 1. The molecule has 0 aliphatic carbocycles. The summed E-state index contributed by atoms with van der Waals surface area (Å²) < 4.78 is 0. The van der Waals surface area contributed by atoms with E-state index in [1.54, 1.807) is 6.92 Å². The molecule has 0 aromatic heterocycles. The van der Waals surface area contributed by atoms with E-state index in [4.69, 9.17) is 5.26 Å². The zero-order valence-electron chi connectivity index (χ0n) is 6.91. The number of rotatable bonds is 2. The second-order valence-corrected chi connectivity index (χ2v) is 2.90. The Bertz CT molecular complexity index is 254. The summed E-state index contributed by atoms with van der Waals surface area (Å²) >= 11 is 0. The fourth-order valence-electron chi connectivity index (χ4n) is 1.25. The molecule has 12 heavy (non-hydrogen) atoms. The summed E-state index contributed by atoms with van der Waals surface area (Å²) in [6.07, 6.45) is 0.522. The summed E-state index contributed by atoms with van der Waals surface area (Å²) in [6, 6.07) is 1.90. The van der Waals surface area contributed by atoms with E-state index in [0.29, 0.717) is 6.42 Å². The number of hydrogen-bond acceptors (Lipinski definition) is 3. The van der Waals surface area contributed by atoms with E-state index in [1.807, 2.05) is 6.07 Å². The van der Waals surface area contributed by atoms with Gasteiger partial charge in [-0.1, -0.05) is 6.92 Å². The number of carbonyl (C=O) groups excluding carboxylic acids is 2. The van der Waals surface area contributed by atoms with Crippen molar-refractivity contribution in [1.29, 1.82) is 5.26 Å². The third-order valence-electron chi connectivity index (χ3n) is 1.92. The molecule has 0 radical (unpaired) electrons. The Morgan fingerprint density at radius 2 is 2.33 bits per heavy atom. The average molecular weight is 166 g/mol. The molecule has 0 N–H and O–H groups in total. The predicted octanol–water partition coefficient (Wildman–Crippen LogP) is 0.295. The lowest BCUT2D eigenvalue weighted by molar-refractivity contribution is -0.139. The molecule has 0 spiro atoms. The van der Waals surface area contributed by atoms with Crippen LogP contribution in [0.2, 0.25) is 0 Å². The van der Waals surface area contributed by atoms with Gasteiger partial charge in [0.05, 0.1) is 12.5 Å². The van der Waals surface area contributed by atoms with Crippen molar-refractivity contribution in [3.63, 3.8) is 0 Å². The van der Waals surface area contributed by atoms with Crippen molar-refractivity contribution < 1.29 is 9.59 Å². The number of amides is 2. The number of nitriles is 1. The van der Waals surface area contributed by atoms with Crippen LogP contribution in [0.1, 0.15) is 19.8 Å². The van der Waals surface area contributed by atoms with Crippen LogP contribution in [0.15, 0.2) is 0 Å². The van der Waals surface area contributed by atoms with Crippen molar-refractivity contribution in [3.05, 3.63) is 0 Å². The highest BCUT2D eigenvalue weighted by Gasteiger charge is 2.34. The number of nitrogens with zero attached hydrogens (tertiary/aromatic N) is 2. The second-order valence-electron chi connectivity index (χ2n) is 2.90. The molecular weight excluding hydrogens is 156 g/mol. The largest absolute Gasteiger partial charge is 0.281 e. The third-order valence-corrected chi connectivity index (χ3v) is 1.92. The molecule has 1 unspecified atom stereocenters. The summed E-state index contributed by atoms with van der Waals surface area (Å²) in [4.78, 5) is 23.5. The lowest BCUT2D eigenvalue weighted by atomic mass is 10.1. The molecule has 1 aliphatic rings. The molecular formula is C8H10N2O2. The number of imide groups is 1. The zero-order chi connectivity index (χ0) is 9.14. The van der Waals surface area contributed by atoms with Gasteiger partial charge in [0.2, 0.25) is 11.8 Å². The highest BCUT2D eigenvalue weighted by molar-refractivity contribution is 6.03. The van der Waals surface area contributed by atoms with Gasteiger partial charge in [-0.3, -0.25) is 14.5 Å². The number of carbonyl (C=O) groups is 2. The van der Waals surface area contributed by atoms with Gasteiger partial charge in [-0.2, -0.15) is 5.26 Å². The van der Waals surface area contributed by atoms with Gasteiger partial charge < -0.3 is 0 Å². The Labute approximate surface area is 70.8 Å². The van der Waals surface area contributed by atoms with E-state index in [1.165, 1.54) is 4.90 Å². The van der Waals surface area contributed by atoms with E-state index in [0.717, 1.165) is 0 Å². The summed E-state index contributed by atoms with van der Waals surface area (Å²) in [7, 11) is 0. The van der Waals surface area contributed by atoms with Crippen LogP contribution in [-0.4, -0.2) is 23.3 Å². The van der Waals surface area contributed by atoms with Crippen molar-refractivity contribution in [2.75, 3.05) is 6.54 Å². The minimum Gasteiger partial charge on any atom is -0.281 e. The van der Waals surface area contributed by atoms with Gasteiger partial charge in [-0.15, -0.1) is 0 Å². The highest BCUT2D eigenvalue weighted by atomic mass is 16.2. The van der Waals surface area contributed by atoms with Gasteiger partial charge in [0.15, 0.2) is 0 Å². The summed E-state index contributed by atoms with van der Waals surface area (Å²) in [5.41, 5.74) is 0. The lowest BCUT2D eigenvalue weighted by Crippen LogP contribution is -2.31. The molecule has 1 rings (SSSR count). The van der Waals surface area contributed by atoms with Crippen molar-refractivity contribution in [1.82, 2.24) is 4.90 Å². The van der Waals surface area contributed by atoms with E-state index in [9.17, 15) is 9.59 Å². The summed E-state index contributed by atoms with van der Waals surface area (Å²) in [5, 5.41) is 8.27. The molecule has 0 aromatic carbocycles. The smallest absolute Gasteiger partial charge is 0.232 e. The van der Waals surface area contributed by atoms with Gasteiger partial charge in [-0.25, -0.2) is 0 Å². The highest BCUT2D eigenvalue weighted by Crippen LogP contribution is 2.18. The van der Waals surface area contributed by atoms with Crippen LogP contribution in [0.4, 0.5) is 0 Å². The maximum absolute atomic E-state index is 11.2. The Hall–Kier alpha value is -1.37. The van der Waals surface area contributed by atoms with E-state index in [2.05, 4.69) is 0 Å². The van der Waals surface area contributed by atoms with E-state index < -0.39 is 0 Å². The standard InChI is InChI=1S/C8H10N2O2/c1-6-5-7(11)10(8(6)12)4-2-3-9/h6H,2,4-5H2,1H3. The molecule has 4 heteroatoms. The Morgan fingerprint density at radius 1 is 1.67 bits per heavy atom. The van der Waals surface area contributed by atoms with Crippen LogP contribution in [-0.2, 0) is 9.59 Å². The van der Waals surface area contributed by atoms with Crippen LogP contribution in [0.5, 0.6) is 0 Å². The molecule has 1 heterocycles. The Kier molecular flexibility index (Phi) is 2.44. The Balaban J connectivity index is 2.59. The minimum atomic E-state index is -0.198. The fourth-order valence-corrected chi connectivity index (χ4v) is 1.25. The third kappa shape index (κ3) is 1.45. The summed E-state index contributed by atoms with van der Waals surface area (Å²) in [6.45, 7) is 1.98. The fraction of sp³-hybridized carbons (Fsp3) is 0.625. The monoisotopic (exact) mass is 166 g/mol. The lowest BCUT2D eigenvalue weighted by Gasteiger charge is -2.10. The minimum absolute atomic E-state index is 0.143. The molecule has 1 aliphatic heterocycles. The maximum atomic E-state index is 11.2. The van der Waals surface area contributed by atoms with Crippen LogP contribution in [0.25, 0.3) is 0 Å². The first kappa shape index (κ1) is 8.72. The molecule has 0 aromatic rings. The molecule has 2 amide bonds. The first-order valence-electron chi connectivity index (χ1n) is 3.88. The van der Waals surface area contributed by atoms with Crippen molar-refractivity contribution in [2.24, 2.45) is 5.92 Å². The first-order chi connectivity index (χ1) is 5.66. The molecule has 0 bridgehead atoms. The molecule has 4 nitrogen and oxygen atoms in total. The predicted molar refractivity (Wildman–Crippen MR) is 40.7 cm³/mol. The Morgan fingerprint density at radius 3 is 2.75 bits per heavy atom. The zero-order valence-corrected chi connectivity index (χ0v) is 6.91. The molecule has 0 saturated carbocycles. The van der Waals surface area contributed by atoms with Gasteiger partial charge in [0, 0.05) is 18.9 Å². The molecule has 1 fully saturated rings. The van der Waals surface area contributed by atoms with Crippen LogP contribution in [0.3, 0.4) is 0 Å². The van der Waals surface area contributed by atoms with Crippen molar-refractivity contribution in [3.8, 4) is 6.07 Å². The van der Waals surface area contributed by atoms with E-state index in [-0.39, 0.29) is 30.7 Å². The quantitative estimate of drug-likeness (QED) is 0.554. The second kappa shape index (κ2) is 3.35. The maximum Gasteiger partial charge on any atom is 0.232 e. The normalized spacial score (nSPS) is 23.0. The van der Waals surface area contributed by atoms with Crippen molar-refractivity contribution >= 4 is 11.8 Å². The van der Waals surface area contributed by atoms with Gasteiger partial charge >= 0.3 is 0 Å². The first-order valence-corrected chi connectivity index (χ1v) is 3.88. The topological polar surface area (TPSA) is 61.2 Å². The van der Waals surface area contributed by atoms with Gasteiger partial charge in [0.1, 0.15) is 0 Å². The van der Waals surface area contributed by atoms with Crippen LogP contribution >= 0.6 is 0 Å². The van der Waals surface area contributed by atoms with Crippen molar-refractivity contribution in [2.45, 2.75) is 19.8 Å². The molecule has 1 saturated heterocycles. The molecule has 64 valence electrons. The van der Waals surface area contributed by atoms with Gasteiger partial charge in [-0.05, 0) is 0 Å². The number of hydrogen-bond donors (Lipinski definition) is 0.